The van der Waals surface area contributed by atoms with Gasteiger partial charge in [-0.2, -0.15) is 5.10 Å². The molecule has 0 aliphatic heterocycles. The molecule has 3 nitrogen and oxygen atoms in total. The minimum Gasteiger partial charge on any atom is -0.308 e. The molecule has 1 aliphatic rings. The molecule has 3 heteroatoms. The summed E-state index contributed by atoms with van der Waals surface area (Å²) < 4.78 is 2.19. The molecule has 2 rings (SSSR count). The van der Waals surface area contributed by atoms with Crippen LogP contribution in [0.5, 0.6) is 0 Å². The van der Waals surface area contributed by atoms with Crippen LogP contribution < -0.4 is 5.32 Å². The maximum absolute atomic E-state index is 4.74. The predicted octanol–water partition coefficient (Wildman–Crippen LogP) is 3.91. The molecule has 19 heavy (non-hydrogen) atoms. The van der Waals surface area contributed by atoms with E-state index in [2.05, 4.69) is 50.0 Å². The molecular formula is C16H29N3. The fraction of sp³-hybridized carbons (Fsp3) is 0.812. The molecule has 1 fully saturated rings. The standard InChI is InChI=1S/C16H29N3/c1-13(16(2,3)4)17-12-14-10-11-19(18-14)15-8-6-5-7-9-15/h10-11,13,15,17H,5-9,12H2,1-4H3. The van der Waals surface area contributed by atoms with Crippen LogP contribution in [0.25, 0.3) is 0 Å². The van der Waals surface area contributed by atoms with Crippen LogP contribution in [-0.2, 0) is 6.54 Å². The van der Waals surface area contributed by atoms with Crippen molar-refractivity contribution in [3.8, 4) is 0 Å². The van der Waals surface area contributed by atoms with Crippen molar-refractivity contribution >= 4 is 0 Å². The Morgan fingerprint density at radius 2 is 2.00 bits per heavy atom. The summed E-state index contributed by atoms with van der Waals surface area (Å²) in [5.41, 5.74) is 1.47. The molecule has 0 radical (unpaired) electrons. The van der Waals surface area contributed by atoms with Gasteiger partial charge in [-0.05, 0) is 31.2 Å². The predicted molar refractivity (Wildman–Crippen MR) is 80.1 cm³/mol. The van der Waals surface area contributed by atoms with E-state index in [1.807, 2.05) is 0 Å². The number of aromatic nitrogens is 2. The summed E-state index contributed by atoms with van der Waals surface area (Å²) in [7, 11) is 0. The Bertz CT molecular complexity index is 383. The molecular weight excluding hydrogens is 234 g/mol. The second-order valence-electron chi connectivity index (χ2n) is 7.05. The fourth-order valence-electron chi connectivity index (χ4n) is 2.58. The molecule has 1 aromatic heterocycles. The second kappa shape index (κ2) is 6.08. The van der Waals surface area contributed by atoms with Gasteiger partial charge in [-0.3, -0.25) is 4.68 Å². The zero-order valence-corrected chi connectivity index (χ0v) is 12.9. The van der Waals surface area contributed by atoms with E-state index in [9.17, 15) is 0 Å². The maximum Gasteiger partial charge on any atom is 0.0762 e. The van der Waals surface area contributed by atoms with Crippen molar-refractivity contribution in [3.63, 3.8) is 0 Å². The van der Waals surface area contributed by atoms with Crippen LogP contribution in [0.2, 0.25) is 0 Å². The van der Waals surface area contributed by atoms with Crippen LogP contribution in [0, 0.1) is 5.41 Å². The number of hydrogen-bond donors (Lipinski definition) is 1. The molecule has 1 N–H and O–H groups in total. The van der Waals surface area contributed by atoms with Gasteiger partial charge in [0.25, 0.3) is 0 Å². The molecule has 0 saturated heterocycles. The first-order chi connectivity index (χ1) is 8.97. The van der Waals surface area contributed by atoms with Crippen LogP contribution in [0.3, 0.4) is 0 Å². The van der Waals surface area contributed by atoms with Crippen molar-refractivity contribution in [1.82, 2.24) is 15.1 Å². The number of rotatable bonds is 4. The third-order valence-electron chi connectivity index (χ3n) is 4.50. The van der Waals surface area contributed by atoms with Crippen molar-refractivity contribution in [1.29, 1.82) is 0 Å². The van der Waals surface area contributed by atoms with Gasteiger partial charge in [0.2, 0.25) is 0 Å². The molecule has 108 valence electrons. The van der Waals surface area contributed by atoms with E-state index in [1.54, 1.807) is 0 Å². The number of nitrogens with zero attached hydrogens (tertiary/aromatic N) is 2. The summed E-state index contributed by atoms with van der Waals surface area (Å²) >= 11 is 0. The molecule has 0 aromatic carbocycles. The van der Waals surface area contributed by atoms with E-state index in [-0.39, 0.29) is 0 Å². The molecule has 1 unspecified atom stereocenters. The van der Waals surface area contributed by atoms with E-state index in [0.29, 0.717) is 17.5 Å². The van der Waals surface area contributed by atoms with Crippen LogP contribution >= 0.6 is 0 Å². The fourth-order valence-corrected chi connectivity index (χ4v) is 2.58. The minimum atomic E-state index is 0.298. The van der Waals surface area contributed by atoms with Gasteiger partial charge >= 0.3 is 0 Å². The number of nitrogens with one attached hydrogen (secondary N) is 1. The molecule has 1 saturated carbocycles. The molecule has 0 spiro atoms. The van der Waals surface area contributed by atoms with Gasteiger partial charge in [-0.15, -0.1) is 0 Å². The molecule has 0 amide bonds. The van der Waals surface area contributed by atoms with Crippen LogP contribution in [0.4, 0.5) is 0 Å². The lowest BCUT2D eigenvalue weighted by Crippen LogP contribution is -2.37. The van der Waals surface area contributed by atoms with E-state index in [4.69, 9.17) is 5.10 Å². The van der Waals surface area contributed by atoms with E-state index >= 15 is 0 Å². The van der Waals surface area contributed by atoms with Crippen LogP contribution in [0.15, 0.2) is 12.3 Å². The Morgan fingerprint density at radius 1 is 1.32 bits per heavy atom. The molecule has 0 bridgehead atoms. The summed E-state index contributed by atoms with van der Waals surface area (Å²) in [5, 5.41) is 8.32. The molecule has 1 aromatic rings. The highest BCUT2D eigenvalue weighted by Crippen LogP contribution is 2.27. The summed E-state index contributed by atoms with van der Waals surface area (Å²) in [5.74, 6) is 0. The summed E-state index contributed by atoms with van der Waals surface area (Å²) in [6.07, 6.45) is 8.88. The first-order valence-corrected chi connectivity index (χ1v) is 7.74. The van der Waals surface area contributed by atoms with Crippen molar-refractivity contribution in [2.24, 2.45) is 5.41 Å². The van der Waals surface area contributed by atoms with Crippen LogP contribution in [-0.4, -0.2) is 15.8 Å². The Hall–Kier alpha value is -0.830. The Labute approximate surface area is 117 Å². The summed E-state index contributed by atoms with van der Waals surface area (Å²) in [6.45, 7) is 9.93. The zero-order valence-electron chi connectivity index (χ0n) is 12.9. The quantitative estimate of drug-likeness (QED) is 0.892. The van der Waals surface area contributed by atoms with Gasteiger partial charge in [0.15, 0.2) is 0 Å². The van der Waals surface area contributed by atoms with Gasteiger partial charge in [0.05, 0.1) is 11.7 Å². The third-order valence-corrected chi connectivity index (χ3v) is 4.50. The highest BCUT2D eigenvalue weighted by Gasteiger charge is 2.20. The van der Waals surface area contributed by atoms with Gasteiger partial charge in [-0.25, -0.2) is 0 Å². The maximum atomic E-state index is 4.74. The lowest BCUT2D eigenvalue weighted by Gasteiger charge is -2.28. The average Bonchev–Trinajstić information content (AvgIpc) is 2.84. The van der Waals surface area contributed by atoms with Crippen LogP contribution in [0.1, 0.15) is 71.5 Å². The average molecular weight is 263 g/mol. The van der Waals surface area contributed by atoms with Crippen molar-refractivity contribution in [3.05, 3.63) is 18.0 Å². The largest absolute Gasteiger partial charge is 0.308 e. The lowest BCUT2D eigenvalue weighted by atomic mass is 9.88. The highest BCUT2D eigenvalue weighted by molar-refractivity contribution is 5.00. The first-order valence-electron chi connectivity index (χ1n) is 7.74. The number of hydrogen-bond acceptors (Lipinski definition) is 2. The topological polar surface area (TPSA) is 29.9 Å². The minimum absolute atomic E-state index is 0.298. The Balaban J connectivity index is 1.87. The zero-order chi connectivity index (χ0) is 13.9. The molecule has 1 aliphatic carbocycles. The van der Waals surface area contributed by atoms with Crippen molar-refractivity contribution in [2.45, 2.75) is 78.4 Å². The first kappa shape index (κ1) is 14.6. The Kier molecular flexibility index (Phi) is 4.67. The summed E-state index contributed by atoms with van der Waals surface area (Å²) in [4.78, 5) is 0. The van der Waals surface area contributed by atoms with Gasteiger partial charge < -0.3 is 5.32 Å². The normalized spacial score (nSPS) is 19.6. The van der Waals surface area contributed by atoms with E-state index < -0.39 is 0 Å². The smallest absolute Gasteiger partial charge is 0.0762 e. The SMILES string of the molecule is CC(NCc1ccn(C2CCCCC2)n1)C(C)(C)C. The van der Waals surface area contributed by atoms with Gasteiger partial charge in [0.1, 0.15) is 0 Å². The Morgan fingerprint density at radius 3 is 2.63 bits per heavy atom. The third kappa shape index (κ3) is 4.07. The molecule has 1 heterocycles. The van der Waals surface area contributed by atoms with Gasteiger partial charge in [0, 0.05) is 18.8 Å². The van der Waals surface area contributed by atoms with E-state index in [1.165, 1.54) is 37.8 Å². The van der Waals surface area contributed by atoms with Gasteiger partial charge in [-0.1, -0.05) is 40.0 Å². The van der Waals surface area contributed by atoms with Crippen molar-refractivity contribution in [2.75, 3.05) is 0 Å². The monoisotopic (exact) mass is 263 g/mol. The highest BCUT2D eigenvalue weighted by atomic mass is 15.3. The summed E-state index contributed by atoms with van der Waals surface area (Å²) in [6, 6.07) is 3.30. The van der Waals surface area contributed by atoms with E-state index in [0.717, 1.165) is 6.54 Å². The molecule has 1 atom stereocenters. The van der Waals surface area contributed by atoms with Crippen molar-refractivity contribution < 1.29 is 0 Å². The second-order valence-corrected chi connectivity index (χ2v) is 7.05. The lowest BCUT2D eigenvalue weighted by molar-refractivity contribution is 0.283.